The van der Waals surface area contributed by atoms with Crippen molar-refractivity contribution in [2.45, 2.75) is 12.5 Å². The summed E-state index contributed by atoms with van der Waals surface area (Å²) in [5.41, 5.74) is 7.88. The third-order valence-corrected chi connectivity index (χ3v) is 4.30. The number of carboxylic acid groups (broad SMARTS) is 1. The number of nitrogens with one attached hydrogen (secondary N) is 1. The summed E-state index contributed by atoms with van der Waals surface area (Å²) in [6.07, 6.45) is 0.714. The van der Waals surface area contributed by atoms with Crippen LogP contribution in [0.3, 0.4) is 0 Å². The lowest BCUT2D eigenvalue weighted by atomic mass is 9.96. The number of benzene rings is 2. The molecule has 3 aromatic rings. The number of anilines is 1. The first kappa shape index (κ1) is 18.8. The van der Waals surface area contributed by atoms with Crippen LogP contribution in [0.4, 0.5) is 16.2 Å². The van der Waals surface area contributed by atoms with Crippen LogP contribution in [0.2, 0.25) is 0 Å². The molecule has 0 bridgehead atoms. The summed E-state index contributed by atoms with van der Waals surface area (Å²) in [6.45, 7) is 3.66. The number of nitrogen functional groups attached to an aromatic ring is 1. The zero-order chi connectivity index (χ0) is 20.3. The Morgan fingerprint density at radius 3 is 2.71 bits per heavy atom. The minimum absolute atomic E-state index is 0.131. The Bertz CT molecular complexity index is 1080. The Kier molecular flexibility index (Phi) is 5.21. The highest BCUT2D eigenvalue weighted by Crippen LogP contribution is 2.37. The highest BCUT2D eigenvalue weighted by atomic mass is 16.6. The fraction of sp³-hybridized carbons (Fsp3) is 0.100. The Hall–Kier alpha value is -3.94. The van der Waals surface area contributed by atoms with E-state index < -0.39 is 17.1 Å². The molecule has 0 aliphatic rings. The largest absolute Gasteiger partial charge is 0.465 e. The van der Waals surface area contributed by atoms with E-state index in [4.69, 9.17) is 10.8 Å². The van der Waals surface area contributed by atoms with Gasteiger partial charge in [-0.3, -0.25) is 15.1 Å². The van der Waals surface area contributed by atoms with E-state index in [1.165, 1.54) is 6.07 Å². The molecule has 3 rings (SSSR count). The number of hydrogen-bond acceptors (Lipinski definition) is 5. The number of fused-ring (bicyclic) bond motifs is 1. The maximum absolute atomic E-state index is 11.6. The Labute approximate surface area is 160 Å². The van der Waals surface area contributed by atoms with Gasteiger partial charge >= 0.3 is 6.09 Å². The minimum Gasteiger partial charge on any atom is -0.465 e. The zero-order valence-corrected chi connectivity index (χ0v) is 14.8. The Balaban J connectivity index is 2.29. The number of nitro benzene ring substituents is 1. The number of aromatic nitrogens is 1. The van der Waals surface area contributed by atoms with E-state index in [1.807, 2.05) is 12.1 Å². The highest BCUT2D eigenvalue weighted by molar-refractivity contribution is 5.97. The first-order valence-electron chi connectivity index (χ1n) is 8.45. The molecule has 8 heteroatoms. The first-order chi connectivity index (χ1) is 13.4. The molecular weight excluding hydrogens is 360 g/mol. The van der Waals surface area contributed by atoms with Crippen LogP contribution in [0, 0.1) is 10.1 Å². The lowest BCUT2D eigenvalue weighted by Crippen LogP contribution is -2.27. The number of amides is 1. The maximum atomic E-state index is 11.6. The predicted molar refractivity (Wildman–Crippen MR) is 107 cm³/mol. The Morgan fingerprint density at radius 2 is 2.04 bits per heavy atom. The summed E-state index contributed by atoms with van der Waals surface area (Å²) in [7, 11) is 0. The van der Waals surface area contributed by atoms with Crippen molar-refractivity contribution in [3.05, 3.63) is 77.0 Å². The molecule has 0 radical (unpaired) electrons. The van der Waals surface area contributed by atoms with Crippen molar-refractivity contribution in [2.75, 3.05) is 5.73 Å². The number of carbonyl (C=O) groups is 1. The smallest absolute Gasteiger partial charge is 0.405 e. The van der Waals surface area contributed by atoms with Gasteiger partial charge in [0.2, 0.25) is 0 Å². The number of pyridine rings is 1. The zero-order valence-electron chi connectivity index (χ0n) is 14.8. The number of nitrogens with two attached hydrogens (primary N) is 1. The molecule has 0 aliphatic carbocycles. The highest BCUT2D eigenvalue weighted by Gasteiger charge is 2.21. The molecule has 0 saturated heterocycles. The summed E-state index contributed by atoms with van der Waals surface area (Å²) in [5, 5.41) is 23.9. The van der Waals surface area contributed by atoms with Crippen LogP contribution in [-0.2, 0) is 0 Å². The van der Waals surface area contributed by atoms with E-state index in [1.54, 1.807) is 36.4 Å². The number of hydrogen-bond donors (Lipinski definition) is 3. The summed E-state index contributed by atoms with van der Waals surface area (Å²) in [4.78, 5) is 26.8. The molecule has 0 spiro atoms. The van der Waals surface area contributed by atoms with Gasteiger partial charge in [-0.1, -0.05) is 24.3 Å². The molecule has 1 amide bonds. The number of nitrogens with zero attached hydrogens (tertiary/aromatic N) is 2. The van der Waals surface area contributed by atoms with Crippen molar-refractivity contribution in [1.82, 2.24) is 10.3 Å². The summed E-state index contributed by atoms with van der Waals surface area (Å²) in [5.74, 6) is 0. The second-order valence-corrected chi connectivity index (χ2v) is 6.17. The fourth-order valence-corrected chi connectivity index (χ4v) is 3.09. The van der Waals surface area contributed by atoms with Gasteiger partial charge in [0.15, 0.2) is 0 Å². The lowest BCUT2D eigenvalue weighted by molar-refractivity contribution is -0.384. The van der Waals surface area contributed by atoms with Crippen molar-refractivity contribution < 1.29 is 14.8 Å². The van der Waals surface area contributed by atoms with E-state index in [0.29, 0.717) is 34.1 Å². The fourth-order valence-electron chi connectivity index (χ4n) is 3.09. The van der Waals surface area contributed by atoms with Gasteiger partial charge in [-0.2, -0.15) is 0 Å². The average molecular weight is 378 g/mol. The molecule has 0 unspecified atom stereocenters. The molecule has 8 nitrogen and oxygen atoms in total. The second kappa shape index (κ2) is 7.75. The van der Waals surface area contributed by atoms with E-state index >= 15 is 0 Å². The van der Waals surface area contributed by atoms with Crippen LogP contribution in [0.15, 0.2) is 61.2 Å². The van der Waals surface area contributed by atoms with Crippen LogP contribution in [0.25, 0.3) is 22.0 Å². The Morgan fingerprint density at radius 1 is 1.29 bits per heavy atom. The van der Waals surface area contributed by atoms with Crippen molar-refractivity contribution in [2.24, 2.45) is 0 Å². The van der Waals surface area contributed by atoms with Gasteiger partial charge in [0.05, 0.1) is 27.7 Å². The molecule has 28 heavy (non-hydrogen) atoms. The van der Waals surface area contributed by atoms with E-state index in [9.17, 15) is 14.9 Å². The van der Waals surface area contributed by atoms with Crippen molar-refractivity contribution in [1.29, 1.82) is 0 Å². The van der Waals surface area contributed by atoms with Crippen molar-refractivity contribution in [3.8, 4) is 11.1 Å². The average Bonchev–Trinajstić information content (AvgIpc) is 2.66. The van der Waals surface area contributed by atoms with Gasteiger partial charge in [0.1, 0.15) is 0 Å². The molecule has 2 aromatic carbocycles. The van der Waals surface area contributed by atoms with Crippen LogP contribution in [0.5, 0.6) is 0 Å². The maximum Gasteiger partial charge on any atom is 0.405 e. The monoisotopic (exact) mass is 378 g/mol. The first-order valence-corrected chi connectivity index (χ1v) is 8.45. The summed E-state index contributed by atoms with van der Waals surface area (Å²) in [6, 6.07) is 12.7. The molecule has 1 atom stereocenters. The molecule has 0 saturated carbocycles. The molecule has 142 valence electrons. The van der Waals surface area contributed by atoms with Crippen LogP contribution < -0.4 is 11.1 Å². The minimum atomic E-state index is -1.19. The summed E-state index contributed by atoms with van der Waals surface area (Å²) >= 11 is 0. The standard InChI is InChI=1S/C20H18N4O4/c1-2-5-17(23-20(25)26)18-11-15(13-6-3-4-7-16(13)22-18)14-9-8-12(21)10-19(14)24(27)28/h2-4,6-11,17,23H,1,5,21H2,(H,25,26)/t17-/m0/s1. The number of para-hydroxylation sites is 1. The molecule has 0 aliphatic heterocycles. The van der Waals surface area contributed by atoms with Crippen LogP contribution in [-0.4, -0.2) is 21.1 Å². The van der Waals surface area contributed by atoms with E-state index in [2.05, 4.69) is 16.9 Å². The molecular formula is C20H18N4O4. The van der Waals surface area contributed by atoms with Crippen LogP contribution in [0.1, 0.15) is 18.2 Å². The molecule has 0 fully saturated rings. The molecule has 1 heterocycles. The second-order valence-electron chi connectivity index (χ2n) is 6.17. The third kappa shape index (κ3) is 3.75. The molecule has 1 aromatic heterocycles. The van der Waals surface area contributed by atoms with Gasteiger partial charge < -0.3 is 16.2 Å². The molecule has 4 N–H and O–H groups in total. The van der Waals surface area contributed by atoms with Crippen molar-refractivity contribution in [3.63, 3.8) is 0 Å². The van der Waals surface area contributed by atoms with Gasteiger partial charge in [0, 0.05) is 17.1 Å². The van der Waals surface area contributed by atoms with Crippen LogP contribution >= 0.6 is 0 Å². The normalized spacial score (nSPS) is 11.7. The predicted octanol–water partition coefficient (Wildman–Crippen LogP) is 4.28. The van der Waals surface area contributed by atoms with E-state index in [0.717, 1.165) is 0 Å². The van der Waals surface area contributed by atoms with Crippen molar-refractivity contribution >= 4 is 28.4 Å². The number of nitro groups is 1. The van der Waals surface area contributed by atoms with E-state index in [-0.39, 0.29) is 11.4 Å². The quantitative estimate of drug-likeness (QED) is 0.254. The number of rotatable bonds is 6. The van der Waals surface area contributed by atoms with Gasteiger partial charge in [-0.25, -0.2) is 4.79 Å². The van der Waals surface area contributed by atoms with Gasteiger partial charge in [-0.15, -0.1) is 6.58 Å². The SMILES string of the molecule is C=CC[C@H](NC(=O)O)c1cc(-c2ccc(N)cc2[N+](=O)[O-])c2ccccc2n1. The topological polar surface area (TPSA) is 131 Å². The lowest BCUT2D eigenvalue weighted by Gasteiger charge is -2.17. The summed E-state index contributed by atoms with van der Waals surface area (Å²) < 4.78 is 0. The van der Waals surface area contributed by atoms with Gasteiger partial charge in [-0.05, 0) is 36.2 Å². The third-order valence-electron chi connectivity index (χ3n) is 4.30. The van der Waals surface area contributed by atoms with Gasteiger partial charge in [0.25, 0.3) is 5.69 Å².